The van der Waals surface area contributed by atoms with Gasteiger partial charge in [-0.3, -0.25) is 4.79 Å². The summed E-state index contributed by atoms with van der Waals surface area (Å²) in [6.07, 6.45) is 5.57. The Morgan fingerprint density at radius 2 is 2.13 bits per heavy atom. The number of hydrogen-bond acceptors (Lipinski definition) is 4. The highest BCUT2D eigenvalue weighted by Crippen LogP contribution is 2.33. The third-order valence-electron chi connectivity index (χ3n) is 5.55. The number of nitrogens with zero attached hydrogens (tertiary/aromatic N) is 4. The summed E-state index contributed by atoms with van der Waals surface area (Å²) in [7, 11) is 0. The van der Waals surface area contributed by atoms with Crippen LogP contribution in [0.3, 0.4) is 0 Å². The monoisotopic (exact) mass is 404 g/mol. The number of oxazole rings is 1. The molecule has 1 aliphatic heterocycles. The first-order valence-electron chi connectivity index (χ1n) is 10.0. The van der Waals surface area contributed by atoms with Gasteiger partial charge >= 0.3 is 0 Å². The molecule has 5 rings (SSSR count). The molecule has 3 aromatic heterocycles. The molecule has 0 radical (unpaired) electrons. The molecule has 4 heterocycles. The van der Waals surface area contributed by atoms with Crippen molar-refractivity contribution < 1.29 is 13.6 Å². The van der Waals surface area contributed by atoms with E-state index in [4.69, 9.17) is 4.42 Å². The van der Waals surface area contributed by atoms with E-state index < -0.39 is 0 Å². The lowest BCUT2D eigenvalue weighted by atomic mass is 10.1. The van der Waals surface area contributed by atoms with E-state index in [0.717, 1.165) is 29.7 Å². The molecule has 1 saturated heterocycles. The van der Waals surface area contributed by atoms with Crippen LogP contribution in [0, 0.1) is 12.7 Å². The van der Waals surface area contributed by atoms with Crippen molar-refractivity contribution in [1.29, 1.82) is 0 Å². The number of aryl methyl sites for hydroxylation is 1. The van der Waals surface area contributed by atoms with E-state index in [1.165, 1.54) is 12.1 Å². The van der Waals surface area contributed by atoms with Gasteiger partial charge in [0.05, 0.1) is 6.20 Å². The Balaban J connectivity index is 1.37. The van der Waals surface area contributed by atoms with Gasteiger partial charge in [0.2, 0.25) is 5.89 Å². The second-order valence-electron chi connectivity index (χ2n) is 7.65. The topological polar surface area (TPSA) is 63.6 Å². The maximum absolute atomic E-state index is 13.4. The Morgan fingerprint density at radius 1 is 1.27 bits per heavy atom. The van der Waals surface area contributed by atoms with Crippen LogP contribution < -0.4 is 0 Å². The zero-order chi connectivity index (χ0) is 20.7. The molecule has 1 aromatic carbocycles. The van der Waals surface area contributed by atoms with Crippen molar-refractivity contribution in [2.45, 2.75) is 32.2 Å². The first kappa shape index (κ1) is 18.5. The van der Waals surface area contributed by atoms with Crippen LogP contribution in [0.1, 0.15) is 52.3 Å². The Bertz CT molecular complexity index is 1230. The molecule has 0 bridgehead atoms. The Labute approximate surface area is 173 Å². The molecule has 6 nitrogen and oxygen atoms in total. The first-order chi connectivity index (χ1) is 14.6. The summed E-state index contributed by atoms with van der Waals surface area (Å²) in [5.41, 5.74) is 3.01. The zero-order valence-electron chi connectivity index (χ0n) is 16.6. The van der Waals surface area contributed by atoms with E-state index in [1.807, 2.05) is 35.6 Å². The van der Waals surface area contributed by atoms with Crippen molar-refractivity contribution >= 4 is 11.6 Å². The second kappa shape index (κ2) is 7.40. The van der Waals surface area contributed by atoms with E-state index in [2.05, 4.69) is 9.97 Å². The molecular formula is C23H21FN4O2. The van der Waals surface area contributed by atoms with E-state index in [1.54, 1.807) is 23.4 Å². The Morgan fingerprint density at radius 3 is 2.97 bits per heavy atom. The molecule has 1 aliphatic rings. The molecular weight excluding hydrogens is 383 g/mol. The number of halogens is 1. The first-order valence-corrected chi connectivity index (χ1v) is 10.0. The quantitative estimate of drug-likeness (QED) is 0.508. The van der Waals surface area contributed by atoms with Crippen LogP contribution in [0.4, 0.5) is 4.39 Å². The van der Waals surface area contributed by atoms with Crippen molar-refractivity contribution in [2.75, 3.05) is 6.54 Å². The molecule has 1 amide bonds. The normalized spacial score (nSPS) is 16.5. The molecule has 0 N–H and O–H groups in total. The van der Waals surface area contributed by atoms with Gasteiger partial charge in [-0.15, -0.1) is 0 Å². The van der Waals surface area contributed by atoms with Crippen LogP contribution in [-0.2, 0) is 6.42 Å². The van der Waals surface area contributed by atoms with Gasteiger partial charge in [-0.1, -0.05) is 18.2 Å². The fraction of sp³-hybridized carbons (Fsp3) is 0.261. The molecule has 152 valence electrons. The maximum atomic E-state index is 13.4. The highest BCUT2D eigenvalue weighted by Gasteiger charge is 2.34. The number of carbonyl (C=O) groups excluding carboxylic acids is 1. The number of benzene rings is 1. The predicted octanol–water partition coefficient (Wildman–Crippen LogP) is 4.34. The predicted molar refractivity (Wildman–Crippen MR) is 109 cm³/mol. The molecule has 30 heavy (non-hydrogen) atoms. The lowest BCUT2D eigenvalue weighted by molar-refractivity contribution is 0.0709. The van der Waals surface area contributed by atoms with Gasteiger partial charge in [0.15, 0.2) is 0 Å². The molecule has 1 atom stereocenters. The second-order valence-corrected chi connectivity index (χ2v) is 7.65. The summed E-state index contributed by atoms with van der Waals surface area (Å²) >= 11 is 0. The fourth-order valence-corrected chi connectivity index (χ4v) is 4.07. The average molecular weight is 404 g/mol. The number of fused-ring (bicyclic) bond motifs is 1. The van der Waals surface area contributed by atoms with Crippen molar-refractivity contribution in [3.8, 4) is 0 Å². The highest BCUT2D eigenvalue weighted by molar-refractivity contribution is 5.93. The van der Waals surface area contributed by atoms with E-state index in [-0.39, 0.29) is 17.8 Å². The molecule has 0 spiro atoms. The lowest BCUT2D eigenvalue weighted by Gasteiger charge is -2.21. The summed E-state index contributed by atoms with van der Waals surface area (Å²) in [4.78, 5) is 23.9. The minimum Gasteiger partial charge on any atom is -0.443 e. The van der Waals surface area contributed by atoms with Gasteiger partial charge in [0, 0.05) is 24.9 Å². The van der Waals surface area contributed by atoms with Crippen molar-refractivity contribution in [2.24, 2.45) is 0 Å². The molecule has 1 fully saturated rings. The van der Waals surface area contributed by atoms with Crippen LogP contribution in [0.2, 0.25) is 0 Å². The Hall–Kier alpha value is -3.48. The standard InChI is InChI=1S/C23H21FN4O2/c1-15-5-2-9-21-26-19(14-28(15)21)23(29)27-10-4-8-20(27)22-25-13-18(30-22)12-16-6-3-7-17(24)11-16/h2-3,5-7,9,11,13-14,20H,4,8,10,12H2,1H3/t20-/m0/s1. The SMILES string of the molecule is Cc1cccc2nc(C(=O)N3CCC[C@H]3c3ncc(Cc4cccc(F)c4)o3)cn12. The largest absolute Gasteiger partial charge is 0.443 e. The number of amides is 1. The van der Waals surface area contributed by atoms with Crippen molar-refractivity contribution in [3.05, 3.63) is 89.3 Å². The fourth-order valence-electron chi connectivity index (χ4n) is 4.07. The summed E-state index contributed by atoms with van der Waals surface area (Å²) in [6, 6.07) is 12.0. The molecule has 0 aliphatic carbocycles. The molecule has 7 heteroatoms. The number of rotatable bonds is 4. The van der Waals surface area contributed by atoms with Crippen LogP contribution >= 0.6 is 0 Å². The summed E-state index contributed by atoms with van der Waals surface area (Å²) in [6.45, 7) is 2.62. The van der Waals surface area contributed by atoms with Crippen molar-refractivity contribution in [1.82, 2.24) is 19.3 Å². The van der Waals surface area contributed by atoms with Crippen LogP contribution in [0.25, 0.3) is 5.65 Å². The van der Waals surface area contributed by atoms with E-state index >= 15 is 0 Å². The third kappa shape index (κ3) is 3.36. The average Bonchev–Trinajstić information content (AvgIpc) is 3.47. The summed E-state index contributed by atoms with van der Waals surface area (Å²) in [5, 5.41) is 0. The van der Waals surface area contributed by atoms with Gasteiger partial charge in [-0.05, 0) is 49.6 Å². The van der Waals surface area contributed by atoms with Crippen molar-refractivity contribution in [3.63, 3.8) is 0 Å². The van der Waals surface area contributed by atoms with E-state index in [9.17, 15) is 9.18 Å². The van der Waals surface area contributed by atoms with Gasteiger partial charge in [-0.2, -0.15) is 0 Å². The Kier molecular flexibility index (Phi) is 4.58. The summed E-state index contributed by atoms with van der Waals surface area (Å²) in [5.74, 6) is 0.776. The van der Waals surface area contributed by atoms with Crippen LogP contribution in [-0.4, -0.2) is 31.7 Å². The minimum absolute atomic E-state index is 0.120. The van der Waals surface area contributed by atoms with E-state index in [0.29, 0.717) is 30.3 Å². The number of carbonyl (C=O) groups is 1. The number of aromatic nitrogens is 3. The highest BCUT2D eigenvalue weighted by atomic mass is 19.1. The number of hydrogen-bond donors (Lipinski definition) is 0. The van der Waals surface area contributed by atoms with Crippen LogP contribution in [0.5, 0.6) is 0 Å². The number of likely N-dealkylation sites (tertiary alicyclic amines) is 1. The molecule has 0 unspecified atom stereocenters. The number of pyridine rings is 1. The summed E-state index contributed by atoms with van der Waals surface area (Å²) < 4.78 is 21.3. The van der Waals surface area contributed by atoms with Gasteiger partial charge < -0.3 is 13.7 Å². The molecule has 0 saturated carbocycles. The lowest BCUT2D eigenvalue weighted by Crippen LogP contribution is -2.31. The molecule has 4 aromatic rings. The van der Waals surface area contributed by atoms with Gasteiger partial charge in [0.25, 0.3) is 5.91 Å². The van der Waals surface area contributed by atoms with Gasteiger partial charge in [0.1, 0.15) is 29.0 Å². The zero-order valence-corrected chi connectivity index (χ0v) is 16.6. The van der Waals surface area contributed by atoms with Crippen LogP contribution in [0.15, 0.2) is 59.3 Å². The number of imidazole rings is 1. The van der Waals surface area contributed by atoms with Gasteiger partial charge in [-0.25, -0.2) is 14.4 Å². The minimum atomic E-state index is -0.275. The maximum Gasteiger partial charge on any atom is 0.274 e. The third-order valence-corrected chi connectivity index (χ3v) is 5.55. The smallest absolute Gasteiger partial charge is 0.274 e.